The van der Waals surface area contributed by atoms with E-state index >= 15 is 0 Å². The molecular formula is C18H20FN3O2. The lowest BCUT2D eigenvalue weighted by Gasteiger charge is -2.10. The normalized spacial score (nSPS) is 10.5. The van der Waals surface area contributed by atoms with E-state index in [9.17, 15) is 14.0 Å². The van der Waals surface area contributed by atoms with E-state index in [0.29, 0.717) is 23.4 Å². The molecule has 126 valence electrons. The number of likely N-dealkylation sites (N-methyl/N-ethyl adjacent to an activating group) is 1. The molecule has 2 aromatic carbocycles. The molecule has 0 radical (unpaired) electrons. The lowest BCUT2D eigenvalue weighted by Crippen LogP contribution is -2.31. The summed E-state index contributed by atoms with van der Waals surface area (Å²) in [6.45, 7) is 1.30. The number of hydrogen-bond donors (Lipinski definition) is 2. The monoisotopic (exact) mass is 329 g/mol. The number of carbonyl (C=O) groups excluding carboxylic acids is 2. The Balaban J connectivity index is 1.95. The first-order valence-electron chi connectivity index (χ1n) is 7.55. The van der Waals surface area contributed by atoms with Crippen molar-refractivity contribution in [3.63, 3.8) is 0 Å². The van der Waals surface area contributed by atoms with Crippen LogP contribution in [0.1, 0.15) is 20.7 Å². The first-order valence-corrected chi connectivity index (χ1v) is 7.55. The molecule has 0 unspecified atom stereocenters. The number of hydrogen-bond acceptors (Lipinski definition) is 3. The molecule has 0 spiro atoms. The zero-order chi connectivity index (χ0) is 17.5. The third-order valence-electron chi connectivity index (χ3n) is 3.34. The quantitative estimate of drug-likeness (QED) is 0.855. The molecule has 6 heteroatoms. The summed E-state index contributed by atoms with van der Waals surface area (Å²) >= 11 is 0. The van der Waals surface area contributed by atoms with Gasteiger partial charge in [-0.15, -0.1) is 0 Å². The molecule has 2 N–H and O–H groups in total. The Kier molecular flexibility index (Phi) is 6.03. The number of rotatable bonds is 6. The highest BCUT2D eigenvalue weighted by Gasteiger charge is 2.09. The molecule has 0 saturated heterocycles. The second-order valence-electron chi connectivity index (χ2n) is 5.60. The molecule has 2 rings (SSSR count). The average molecular weight is 329 g/mol. The van der Waals surface area contributed by atoms with Gasteiger partial charge in [0.1, 0.15) is 5.82 Å². The van der Waals surface area contributed by atoms with Gasteiger partial charge in [-0.3, -0.25) is 9.59 Å². The molecular weight excluding hydrogens is 309 g/mol. The lowest BCUT2D eigenvalue weighted by atomic mass is 10.1. The van der Waals surface area contributed by atoms with Crippen molar-refractivity contribution >= 4 is 17.5 Å². The van der Waals surface area contributed by atoms with E-state index in [4.69, 9.17) is 0 Å². The molecule has 0 saturated carbocycles. The third kappa shape index (κ3) is 5.17. The van der Waals surface area contributed by atoms with Crippen LogP contribution in [0.5, 0.6) is 0 Å². The summed E-state index contributed by atoms with van der Waals surface area (Å²) in [6.07, 6.45) is 0. The molecule has 24 heavy (non-hydrogen) atoms. The lowest BCUT2D eigenvalue weighted by molar-refractivity contribution is 0.0949. The van der Waals surface area contributed by atoms with E-state index in [1.165, 1.54) is 18.2 Å². The second kappa shape index (κ2) is 8.21. The molecule has 0 fully saturated rings. The van der Waals surface area contributed by atoms with Gasteiger partial charge in [-0.2, -0.15) is 0 Å². The van der Waals surface area contributed by atoms with Crippen LogP contribution >= 0.6 is 0 Å². The van der Waals surface area contributed by atoms with Crippen LogP contribution in [0.2, 0.25) is 0 Å². The molecule has 5 nitrogen and oxygen atoms in total. The second-order valence-corrected chi connectivity index (χ2v) is 5.60. The molecule has 0 aromatic heterocycles. The van der Waals surface area contributed by atoms with Crippen molar-refractivity contribution in [2.45, 2.75) is 0 Å². The number of nitrogens with one attached hydrogen (secondary N) is 2. The van der Waals surface area contributed by atoms with Gasteiger partial charge < -0.3 is 15.5 Å². The van der Waals surface area contributed by atoms with Crippen molar-refractivity contribution in [2.24, 2.45) is 0 Å². The van der Waals surface area contributed by atoms with Crippen LogP contribution in [0.4, 0.5) is 10.1 Å². The molecule has 2 aromatic rings. The van der Waals surface area contributed by atoms with E-state index in [1.54, 1.807) is 30.3 Å². The minimum atomic E-state index is -0.419. The Bertz CT molecular complexity index is 714. The highest BCUT2D eigenvalue weighted by Crippen LogP contribution is 2.12. The number of amides is 2. The Hall–Kier alpha value is -2.73. The number of halogens is 1. The van der Waals surface area contributed by atoms with Gasteiger partial charge in [0.05, 0.1) is 0 Å². The summed E-state index contributed by atoms with van der Waals surface area (Å²) in [6, 6.07) is 12.0. The molecule has 2 amide bonds. The molecule has 0 aliphatic carbocycles. The Morgan fingerprint density at radius 1 is 1.00 bits per heavy atom. The Morgan fingerprint density at radius 2 is 1.62 bits per heavy atom. The van der Waals surface area contributed by atoms with Gasteiger partial charge >= 0.3 is 0 Å². The topological polar surface area (TPSA) is 61.4 Å². The highest BCUT2D eigenvalue weighted by atomic mass is 19.1. The SMILES string of the molecule is CN(C)CCNC(=O)c1ccc(C(=O)Nc2cccc(F)c2)cc1. The van der Waals surface area contributed by atoms with Crippen LogP contribution in [0, 0.1) is 5.82 Å². The van der Waals surface area contributed by atoms with E-state index < -0.39 is 5.82 Å². The van der Waals surface area contributed by atoms with Crippen molar-refractivity contribution in [3.8, 4) is 0 Å². The van der Waals surface area contributed by atoms with E-state index in [1.807, 2.05) is 19.0 Å². The van der Waals surface area contributed by atoms with Crippen LogP contribution in [-0.4, -0.2) is 43.9 Å². The summed E-state index contributed by atoms with van der Waals surface area (Å²) in [4.78, 5) is 26.1. The van der Waals surface area contributed by atoms with Gasteiger partial charge in [-0.05, 0) is 56.6 Å². The first kappa shape index (κ1) is 17.6. The van der Waals surface area contributed by atoms with Gasteiger partial charge in [0.25, 0.3) is 11.8 Å². The van der Waals surface area contributed by atoms with Crippen LogP contribution in [0.25, 0.3) is 0 Å². The standard InChI is InChI=1S/C18H20FN3O2/c1-22(2)11-10-20-17(23)13-6-8-14(9-7-13)18(24)21-16-5-3-4-15(19)12-16/h3-9,12H,10-11H2,1-2H3,(H,20,23)(H,21,24). The molecule has 0 heterocycles. The molecule has 0 aliphatic rings. The third-order valence-corrected chi connectivity index (χ3v) is 3.34. The Labute approximate surface area is 140 Å². The van der Waals surface area contributed by atoms with Crippen molar-refractivity contribution in [1.82, 2.24) is 10.2 Å². The summed E-state index contributed by atoms with van der Waals surface area (Å²) in [7, 11) is 3.86. The first-order chi connectivity index (χ1) is 11.5. The van der Waals surface area contributed by atoms with Gasteiger partial charge in [-0.25, -0.2) is 4.39 Å². The van der Waals surface area contributed by atoms with Crippen LogP contribution in [0.15, 0.2) is 48.5 Å². The Morgan fingerprint density at radius 3 is 2.21 bits per heavy atom. The van der Waals surface area contributed by atoms with Crippen molar-refractivity contribution in [3.05, 3.63) is 65.5 Å². The molecule has 0 atom stereocenters. The zero-order valence-electron chi connectivity index (χ0n) is 13.7. The number of benzene rings is 2. The summed E-state index contributed by atoms with van der Waals surface area (Å²) in [5, 5.41) is 5.41. The van der Waals surface area contributed by atoms with Gasteiger partial charge in [0, 0.05) is 29.9 Å². The van der Waals surface area contributed by atoms with E-state index in [2.05, 4.69) is 10.6 Å². The summed E-state index contributed by atoms with van der Waals surface area (Å²) < 4.78 is 13.1. The molecule has 0 aliphatic heterocycles. The highest BCUT2D eigenvalue weighted by molar-refractivity contribution is 6.05. The van der Waals surface area contributed by atoms with Gasteiger partial charge in [0.15, 0.2) is 0 Å². The maximum Gasteiger partial charge on any atom is 0.255 e. The summed E-state index contributed by atoms with van der Waals surface area (Å²) in [5.74, 6) is -0.966. The van der Waals surface area contributed by atoms with Gasteiger partial charge in [0.2, 0.25) is 0 Å². The minimum absolute atomic E-state index is 0.186. The van der Waals surface area contributed by atoms with Crippen molar-refractivity contribution < 1.29 is 14.0 Å². The predicted molar refractivity (Wildman–Crippen MR) is 91.7 cm³/mol. The van der Waals surface area contributed by atoms with Crippen LogP contribution in [-0.2, 0) is 0 Å². The maximum atomic E-state index is 13.1. The fourth-order valence-corrected chi connectivity index (χ4v) is 2.04. The summed E-state index contributed by atoms with van der Waals surface area (Å²) in [5.41, 5.74) is 1.26. The van der Waals surface area contributed by atoms with E-state index in [0.717, 1.165) is 6.54 Å². The van der Waals surface area contributed by atoms with E-state index in [-0.39, 0.29) is 11.8 Å². The predicted octanol–water partition coefficient (Wildman–Crippen LogP) is 2.37. The molecule has 0 bridgehead atoms. The van der Waals surface area contributed by atoms with Crippen LogP contribution in [0.3, 0.4) is 0 Å². The van der Waals surface area contributed by atoms with Crippen molar-refractivity contribution in [1.29, 1.82) is 0 Å². The van der Waals surface area contributed by atoms with Crippen molar-refractivity contribution in [2.75, 3.05) is 32.5 Å². The number of carbonyl (C=O) groups is 2. The zero-order valence-corrected chi connectivity index (χ0v) is 13.7. The fraction of sp³-hybridized carbons (Fsp3) is 0.222. The number of nitrogens with zero attached hydrogens (tertiary/aromatic N) is 1. The minimum Gasteiger partial charge on any atom is -0.351 e. The smallest absolute Gasteiger partial charge is 0.255 e. The van der Waals surface area contributed by atoms with Gasteiger partial charge in [-0.1, -0.05) is 6.07 Å². The maximum absolute atomic E-state index is 13.1. The fourth-order valence-electron chi connectivity index (χ4n) is 2.04. The average Bonchev–Trinajstić information content (AvgIpc) is 2.54. The number of anilines is 1. The largest absolute Gasteiger partial charge is 0.351 e. The van der Waals surface area contributed by atoms with Crippen LogP contribution < -0.4 is 10.6 Å².